The fraction of sp³-hybridized carbons (Fsp3) is 0.592. The lowest BCUT2D eigenvalue weighted by molar-refractivity contribution is -0.136. The molecule has 0 radical (unpaired) electrons. The van der Waals surface area contributed by atoms with Gasteiger partial charge in [0.05, 0.1) is 62.6 Å². The van der Waals surface area contributed by atoms with Crippen molar-refractivity contribution in [1.29, 1.82) is 0 Å². The zero-order chi connectivity index (χ0) is 81.9. The van der Waals surface area contributed by atoms with Gasteiger partial charge in [-0.3, -0.25) is 47.9 Å². The molecule has 0 spiro atoms. The second-order valence-electron chi connectivity index (χ2n) is 32.1. The summed E-state index contributed by atoms with van der Waals surface area (Å²) in [4.78, 5) is 123. The van der Waals surface area contributed by atoms with E-state index in [9.17, 15) is 47.9 Å². The number of hydrogen-bond donors (Lipinski definition) is 0. The van der Waals surface area contributed by atoms with Gasteiger partial charge in [0, 0.05) is 64.2 Å². The van der Waals surface area contributed by atoms with Crippen LogP contribution in [0.3, 0.4) is 0 Å². The Labute approximate surface area is 677 Å². The van der Waals surface area contributed by atoms with Gasteiger partial charge >= 0.3 is 0 Å². The maximum Gasteiger partial charge on any atom is 0.147 e. The van der Waals surface area contributed by atoms with Crippen molar-refractivity contribution < 1.29 is 71.6 Å². The minimum atomic E-state index is -0.377. The van der Waals surface area contributed by atoms with Crippen LogP contribution >= 0.6 is 0 Å². The smallest absolute Gasteiger partial charge is 0.147 e. The van der Waals surface area contributed by atoms with Crippen molar-refractivity contribution in [2.75, 3.05) is 33.0 Å². The molecule has 15 nitrogen and oxygen atoms in total. The van der Waals surface area contributed by atoms with Crippen LogP contribution in [0.25, 0.3) is 0 Å². The molecule has 0 aromatic heterocycles. The van der Waals surface area contributed by atoms with E-state index in [4.69, 9.17) is 23.7 Å². The summed E-state index contributed by atoms with van der Waals surface area (Å²) in [7, 11) is 0. The molecule has 5 fully saturated rings. The maximum atomic E-state index is 12.6. The molecule has 5 saturated carbocycles. The predicted octanol–water partition coefficient (Wildman–Crippen LogP) is 21.1. The first-order chi connectivity index (χ1) is 54.6. The molecule has 0 amide bonds. The van der Waals surface area contributed by atoms with Crippen molar-refractivity contribution in [1.82, 2.24) is 0 Å². The van der Waals surface area contributed by atoms with Crippen LogP contribution in [-0.2, 0) is 80.0 Å². The quantitative estimate of drug-likeness (QED) is 0.0265. The molecule has 5 aromatic rings. The van der Waals surface area contributed by atoms with Crippen LogP contribution in [0, 0.1) is 59.2 Å². The van der Waals surface area contributed by atoms with Crippen LogP contribution in [0.4, 0.5) is 0 Å². The first-order valence-corrected chi connectivity index (χ1v) is 43.5. The van der Waals surface area contributed by atoms with Crippen LogP contribution < -0.4 is 23.7 Å². The molecule has 618 valence electrons. The molecule has 10 unspecified atom stereocenters. The number of hydrogen-bond acceptors (Lipinski definition) is 15. The lowest BCUT2D eigenvalue weighted by Gasteiger charge is -2.26. The summed E-state index contributed by atoms with van der Waals surface area (Å²) >= 11 is 0. The molecule has 5 aromatic carbocycles. The van der Waals surface area contributed by atoms with Gasteiger partial charge in [-0.15, -0.1) is 0 Å². The zero-order valence-corrected chi connectivity index (χ0v) is 70.3. The molecule has 0 saturated heterocycles. The normalized spacial score (nSPS) is 21.4. The van der Waals surface area contributed by atoms with E-state index in [2.05, 4.69) is 34.6 Å². The largest absolute Gasteiger partial charge is 0.494 e. The zero-order valence-electron chi connectivity index (χ0n) is 70.3. The third-order valence-electron chi connectivity index (χ3n) is 23.1. The number of ketones is 10. The molecular weight excluding hydrogens is 1420 g/mol. The molecule has 113 heavy (non-hydrogen) atoms. The number of Topliss-reactive ketones (excluding diaryl/α,β-unsaturated/α-hetero) is 10. The van der Waals surface area contributed by atoms with Gasteiger partial charge in [-0.25, -0.2) is 0 Å². The average molecular weight is 1550 g/mol. The van der Waals surface area contributed by atoms with Crippen LogP contribution in [0.1, 0.15) is 277 Å². The van der Waals surface area contributed by atoms with E-state index in [1.807, 2.05) is 156 Å². The molecule has 10 atom stereocenters. The van der Waals surface area contributed by atoms with E-state index in [-0.39, 0.29) is 87.4 Å². The van der Waals surface area contributed by atoms with Crippen LogP contribution in [0.5, 0.6) is 28.7 Å². The Kier molecular flexibility index (Phi) is 43.4. The van der Waals surface area contributed by atoms with E-state index < -0.39 is 0 Å². The SMILES string of the molecule is CCCC1CCC(C(=O)Cc2ccc(OCC)cc2)C(=O)C1.CCCCCC1CCC(C(=O)Cc2ccc(OCC)cc2)C(=O)C1.CCCCCCCC1CCC(C(=O)Cc2ccc(OCC)cc2)C(=O)C1.CCOc1ccc(CC(=O)C2CCC(C)CC2=O)cc1.CCOc1ccc(CC(=O)C2CCC(CC)CC2=O)cc1. The lowest BCUT2D eigenvalue weighted by Crippen LogP contribution is -2.32. The van der Waals surface area contributed by atoms with E-state index in [1.54, 1.807) is 0 Å². The monoisotopic (exact) mass is 1550 g/mol. The highest BCUT2D eigenvalue weighted by Crippen LogP contribution is 2.36. The first kappa shape index (κ1) is 93.7. The molecule has 0 heterocycles. The van der Waals surface area contributed by atoms with Gasteiger partial charge in [-0.05, 0) is 217 Å². The summed E-state index contributed by atoms with van der Waals surface area (Å²) in [5.41, 5.74) is 4.78. The molecule has 5 aliphatic rings. The number of carbonyl (C=O) groups is 10. The van der Waals surface area contributed by atoms with Crippen molar-refractivity contribution in [2.45, 2.75) is 281 Å². The van der Waals surface area contributed by atoms with E-state index in [0.29, 0.717) is 127 Å². The Morgan fingerprint density at radius 2 is 0.496 bits per heavy atom. The standard InChI is InChI=1S/C23H34O3.C21H30O3.C19H26O3.C18H24O3.C17H22O3/c1-3-5-6-7-8-9-18-12-15-21(22(24)16-18)23(25)17-19-10-13-20(14-11-19)26-4-2;1-3-5-6-7-16-10-13-19(20(22)14-16)21(23)15-17-8-11-18(12-9-17)24-4-2;1-3-5-14-8-11-17(18(20)12-14)19(21)13-15-6-9-16(10-7-15)22-4-2;1-3-13-7-10-16(17(19)11-13)18(20)12-14-5-8-15(9-6-14)21-4-2;1-3-20-14-7-5-13(6-8-14)11-17(19)15-9-4-12(2)10-16(15)18/h10-11,13-14,18,21H,3-9,12,15-17H2,1-2H3;8-9,11-12,16,19H,3-7,10,13-15H2,1-2H3;6-7,9-10,14,17H,3-5,8,11-13H2,1-2H3;5-6,8-9,13,16H,3-4,7,10-12H2,1-2H3;5-8,12,15H,3-4,9-11H2,1-2H3. The van der Waals surface area contributed by atoms with E-state index >= 15 is 0 Å². The third kappa shape index (κ3) is 33.6. The Hall–Kier alpha value is -8.20. The number of unbranched alkanes of at least 4 members (excludes halogenated alkanes) is 6. The average Bonchev–Trinajstić information content (AvgIpc) is 0.868. The molecule has 0 N–H and O–H groups in total. The van der Waals surface area contributed by atoms with Gasteiger partial charge < -0.3 is 23.7 Å². The van der Waals surface area contributed by atoms with Gasteiger partial charge in [0.1, 0.15) is 86.6 Å². The Balaban J connectivity index is 0.000000221. The summed E-state index contributed by atoms with van der Waals surface area (Å²) < 4.78 is 27.0. The summed E-state index contributed by atoms with van der Waals surface area (Å²) in [5, 5.41) is 0. The molecule has 0 bridgehead atoms. The van der Waals surface area contributed by atoms with Gasteiger partial charge in [-0.2, -0.15) is 0 Å². The van der Waals surface area contributed by atoms with Gasteiger partial charge in [0.15, 0.2) is 0 Å². The summed E-state index contributed by atoms with van der Waals surface area (Å²) in [6, 6.07) is 38.0. The fourth-order valence-corrected chi connectivity index (χ4v) is 16.5. The molecular formula is C98H136O15. The lowest BCUT2D eigenvalue weighted by atomic mass is 9.76. The Morgan fingerprint density at radius 1 is 0.265 bits per heavy atom. The first-order valence-electron chi connectivity index (χ1n) is 43.5. The van der Waals surface area contributed by atoms with Crippen LogP contribution in [0.15, 0.2) is 121 Å². The maximum absolute atomic E-state index is 12.6. The Bertz CT molecular complexity index is 3690. The molecule has 10 rings (SSSR count). The topological polar surface area (TPSA) is 217 Å². The minimum Gasteiger partial charge on any atom is -0.494 e. The number of ether oxygens (including phenoxy) is 5. The van der Waals surface area contributed by atoms with E-state index in [1.165, 1.54) is 51.4 Å². The predicted molar refractivity (Wildman–Crippen MR) is 449 cm³/mol. The van der Waals surface area contributed by atoms with Crippen LogP contribution in [-0.4, -0.2) is 90.9 Å². The molecule has 5 aliphatic carbocycles. The highest BCUT2D eigenvalue weighted by molar-refractivity contribution is 6.06. The van der Waals surface area contributed by atoms with E-state index in [0.717, 1.165) is 153 Å². The van der Waals surface area contributed by atoms with Crippen molar-refractivity contribution in [3.05, 3.63) is 149 Å². The van der Waals surface area contributed by atoms with Gasteiger partial charge in [0.2, 0.25) is 0 Å². The number of benzene rings is 5. The molecule has 0 aliphatic heterocycles. The van der Waals surface area contributed by atoms with Crippen molar-refractivity contribution in [3.63, 3.8) is 0 Å². The third-order valence-corrected chi connectivity index (χ3v) is 23.1. The van der Waals surface area contributed by atoms with Crippen molar-refractivity contribution in [3.8, 4) is 28.7 Å². The Morgan fingerprint density at radius 3 is 0.743 bits per heavy atom. The number of carbonyl (C=O) groups excluding carboxylic acids is 10. The minimum absolute atomic E-state index is 0.0612. The summed E-state index contributed by atoms with van der Waals surface area (Å²) in [6.07, 6.45) is 29.0. The fourth-order valence-electron chi connectivity index (χ4n) is 16.5. The second-order valence-corrected chi connectivity index (χ2v) is 32.1. The van der Waals surface area contributed by atoms with Crippen molar-refractivity contribution >= 4 is 57.8 Å². The summed E-state index contributed by atoms with van der Waals surface area (Å²) in [5.74, 6) is 5.72. The van der Waals surface area contributed by atoms with Crippen LogP contribution in [0.2, 0.25) is 0 Å². The van der Waals surface area contributed by atoms with Gasteiger partial charge in [-0.1, -0.05) is 179 Å². The van der Waals surface area contributed by atoms with Gasteiger partial charge in [0.25, 0.3) is 0 Å². The number of rotatable bonds is 38. The summed E-state index contributed by atoms with van der Waals surface area (Å²) in [6.45, 7) is 23.6. The highest BCUT2D eigenvalue weighted by Gasteiger charge is 2.37. The second kappa shape index (κ2) is 52.3. The highest BCUT2D eigenvalue weighted by atomic mass is 16.5. The molecule has 15 heteroatoms. The van der Waals surface area contributed by atoms with Crippen molar-refractivity contribution in [2.24, 2.45) is 59.2 Å².